The summed E-state index contributed by atoms with van der Waals surface area (Å²) in [6.07, 6.45) is 4.67. The van der Waals surface area contributed by atoms with E-state index in [1.54, 1.807) is 12.3 Å². The number of carbonyl (C=O) groups excluding carboxylic acids is 3. The predicted molar refractivity (Wildman–Crippen MR) is 108 cm³/mol. The van der Waals surface area contributed by atoms with Crippen LogP contribution in [0.4, 0.5) is 14.5 Å². The lowest BCUT2D eigenvalue weighted by Crippen LogP contribution is -2.41. The van der Waals surface area contributed by atoms with Gasteiger partial charge in [-0.25, -0.2) is 8.78 Å². The normalized spacial score (nSPS) is 14.2. The molecule has 1 N–H and O–H groups in total. The summed E-state index contributed by atoms with van der Waals surface area (Å²) in [5, 5.41) is 2.82. The van der Waals surface area contributed by atoms with Crippen LogP contribution in [0.5, 0.6) is 0 Å². The molecule has 2 amide bonds. The van der Waals surface area contributed by atoms with Crippen LogP contribution in [-0.4, -0.2) is 47.9 Å². The Kier molecular flexibility index (Phi) is 7.28. The fourth-order valence-electron chi connectivity index (χ4n) is 3.46. The second-order valence-corrected chi connectivity index (χ2v) is 7.34. The highest BCUT2D eigenvalue weighted by atomic mass is 19.1. The van der Waals surface area contributed by atoms with Crippen molar-refractivity contribution in [2.45, 2.75) is 25.7 Å². The highest BCUT2D eigenvalue weighted by molar-refractivity contribution is 5.95. The number of carbonyl (C=O) groups is 3. The third kappa shape index (κ3) is 5.84. The van der Waals surface area contributed by atoms with Gasteiger partial charge in [0.05, 0.1) is 24.6 Å². The van der Waals surface area contributed by atoms with E-state index in [1.165, 1.54) is 18.2 Å². The van der Waals surface area contributed by atoms with Gasteiger partial charge in [0.25, 0.3) is 5.91 Å². The molecule has 0 atom stereocenters. The number of anilines is 1. The molecule has 2 aromatic rings. The minimum Gasteiger partial charge on any atom is -0.469 e. The number of esters is 1. The number of hydrogen-bond acceptors (Lipinski definition) is 5. The zero-order valence-corrected chi connectivity index (χ0v) is 17.1. The van der Waals surface area contributed by atoms with Gasteiger partial charge in [0.1, 0.15) is 11.6 Å². The Morgan fingerprint density at radius 1 is 1.16 bits per heavy atom. The highest BCUT2D eigenvalue weighted by Crippen LogP contribution is 2.22. The maximum absolute atomic E-state index is 13.9. The number of aromatic nitrogens is 1. The zero-order valence-electron chi connectivity index (χ0n) is 17.1. The fourth-order valence-corrected chi connectivity index (χ4v) is 3.46. The third-order valence-corrected chi connectivity index (χ3v) is 5.22. The highest BCUT2D eigenvalue weighted by Gasteiger charge is 2.29. The van der Waals surface area contributed by atoms with Crippen molar-refractivity contribution in [2.24, 2.45) is 5.92 Å². The van der Waals surface area contributed by atoms with Gasteiger partial charge in [0.15, 0.2) is 0 Å². The van der Waals surface area contributed by atoms with E-state index in [0.717, 1.165) is 17.7 Å². The second-order valence-electron chi connectivity index (χ2n) is 7.34. The van der Waals surface area contributed by atoms with Gasteiger partial charge < -0.3 is 15.0 Å². The van der Waals surface area contributed by atoms with Crippen molar-refractivity contribution in [2.75, 3.05) is 25.5 Å². The summed E-state index contributed by atoms with van der Waals surface area (Å²) in [4.78, 5) is 41.9. The molecule has 1 aromatic heterocycles. The zero-order chi connectivity index (χ0) is 22.4. The van der Waals surface area contributed by atoms with Crippen LogP contribution in [0.2, 0.25) is 0 Å². The molecule has 164 valence electrons. The van der Waals surface area contributed by atoms with Crippen molar-refractivity contribution >= 4 is 23.5 Å². The molecule has 2 heterocycles. The standard InChI is InChI=1S/C22H23F2N3O4/c1-31-20(28)5-2-14-10-17(13-25-12-14)26-21(29)15-6-8-27(9-7-15)22(30)18-4-3-16(23)11-19(18)24/h3-4,10-13,15H,2,5-9H2,1H3,(H,26,29). The first-order valence-electron chi connectivity index (χ1n) is 9.93. The van der Waals surface area contributed by atoms with Crippen molar-refractivity contribution in [3.05, 3.63) is 59.4 Å². The smallest absolute Gasteiger partial charge is 0.305 e. The van der Waals surface area contributed by atoms with Gasteiger partial charge in [-0.1, -0.05) is 0 Å². The lowest BCUT2D eigenvalue weighted by Gasteiger charge is -2.31. The molecule has 7 nitrogen and oxygen atoms in total. The lowest BCUT2D eigenvalue weighted by atomic mass is 9.95. The molecule has 0 aliphatic carbocycles. The monoisotopic (exact) mass is 431 g/mol. The Morgan fingerprint density at radius 2 is 1.90 bits per heavy atom. The largest absolute Gasteiger partial charge is 0.469 e. The number of rotatable bonds is 6. The number of nitrogens with one attached hydrogen (secondary N) is 1. The van der Waals surface area contributed by atoms with Gasteiger partial charge in [-0.15, -0.1) is 0 Å². The Labute approximate surface area is 178 Å². The number of methoxy groups -OCH3 is 1. The number of halogens is 2. The fraction of sp³-hybridized carbons (Fsp3) is 0.364. The number of pyridine rings is 1. The summed E-state index contributed by atoms with van der Waals surface area (Å²) in [7, 11) is 1.33. The molecule has 0 radical (unpaired) electrons. The lowest BCUT2D eigenvalue weighted by molar-refractivity contribution is -0.140. The van der Waals surface area contributed by atoms with Crippen molar-refractivity contribution < 1.29 is 27.9 Å². The molecule has 1 aliphatic rings. The van der Waals surface area contributed by atoms with E-state index < -0.39 is 17.5 Å². The van der Waals surface area contributed by atoms with Crippen LogP contribution in [0.3, 0.4) is 0 Å². The second kappa shape index (κ2) is 10.1. The number of hydrogen-bond donors (Lipinski definition) is 1. The molecule has 0 spiro atoms. The number of ether oxygens (including phenoxy) is 1. The quantitative estimate of drug-likeness (QED) is 0.711. The molecule has 1 fully saturated rings. The molecule has 3 rings (SSSR count). The van der Waals surface area contributed by atoms with E-state index in [2.05, 4.69) is 15.0 Å². The average molecular weight is 431 g/mol. The van der Waals surface area contributed by atoms with Crippen LogP contribution in [0.1, 0.15) is 35.2 Å². The first kappa shape index (κ1) is 22.3. The van der Waals surface area contributed by atoms with Crippen LogP contribution >= 0.6 is 0 Å². The Bertz CT molecular complexity index is 975. The molecule has 1 aliphatic heterocycles. The number of aryl methyl sites for hydroxylation is 1. The summed E-state index contributed by atoms with van der Waals surface area (Å²) < 4.78 is 31.5. The maximum Gasteiger partial charge on any atom is 0.305 e. The van der Waals surface area contributed by atoms with Gasteiger partial charge in [-0.05, 0) is 43.0 Å². The molecule has 31 heavy (non-hydrogen) atoms. The number of benzene rings is 1. The number of likely N-dealkylation sites (tertiary alicyclic amines) is 1. The summed E-state index contributed by atoms with van der Waals surface area (Å²) in [5.41, 5.74) is 1.14. The SMILES string of the molecule is COC(=O)CCc1cncc(NC(=O)C2CCN(C(=O)c3ccc(F)cc3F)CC2)c1. The molecular formula is C22H23F2N3O4. The van der Waals surface area contributed by atoms with E-state index in [-0.39, 0.29) is 29.8 Å². The van der Waals surface area contributed by atoms with Crippen molar-refractivity contribution in [3.63, 3.8) is 0 Å². The number of nitrogens with zero attached hydrogens (tertiary/aromatic N) is 2. The van der Waals surface area contributed by atoms with Crippen molar-refractivity contribution in [1.29, 1.82) is 0 Å². The Morgan fingerprint density at radius 3 is 2.58 bits per heavy atom. The molecule has 0 bridgehead atoms. The number of piperidine rings is 1. The van der Waals surface area contributed by atoms with Crippen molar-refractivity contribution in [1.82, 2.24) is 9.88 Å². The van der Waals surface area contributed by atoms with Gasteiger partial charge >= 0.3 is 5.97 Å². The van der Waals surface area contributed by atoms with E-state index in [9.17, 15) is 23.2 Å². The molecule has 1 saturated heterocycles. The van der Waals surface area contributed by atoms with E-state index in [4.69, 9.17) is 0 Å². The Balaban J connectivity index is 1.53. The minimum atomic E-state index is -0.899. The summed E-state index contributed by atoms with van der Waals surface area (Å²) in [5.74, 6) is -2.97. The molecular weight excluding hydrogens is 408 g/mol. The van der Waals surface area contributed by atoms with Gasteiger partial charge in [-0.2, -0.15) is 0 Å². The average Bonchev–Trinajstić information content (AvgIpc) is 2.77. The van der Waals surface area contributed by atoms with Crippen LogP contribution in [0.25, 0.3) is 0 Å². The van der Waals surface area contributed by atoms with Crippen LogP contribution in [-0.2, 0) is 20.7 Å². The molecule has 0 unspecified atom stereocenters. The third-order valence-electron chi connectivity index (χ3n) is 5.22. The summed E-state index contributed by atoms with van der Waals surface area (Å²) in [6, 6.07) is 4.61. The van der Waals surface area contributed by atoms with Gasteiger partial charge in [0.2, 0.25) is 5.91 Å². The van der Waals surface area contributed by atoms with E-state index in [1.807, 2.05) is 0 Å². The van der Waals surface area contributed by atoms with Crippen LogP contribution < -0.4 is 5.32 Å². The topological polar surface area (TPSA) is 88.6 Å². The minimum absolute atomic E-state index is 0.181. The summed E-state index contributed by atoms with van der Waals surface area (Å²) >= 11 is 0. The first-order valence-corrected chi connectivity index (χ1v) is 9.93. The maximum atomic E-state index is 13.9. The first-order chi connectivity index (χ1) is 14.9. The van der Waals surface area contributed by atoms with Gasteiger partial charge in [-0.3, -0.25) is 19.4 Å². The van der Waals surface area contributed by atoms with Gasteiger partial charge in [0, 0.05) is 37.7 Å². The van der Waals surface area contributed by atoms with Crippen LogP contribution in [0.15, 0.2) is 36.7 Å². The van der Waals surface area contributed by atoms with Crippen molar-refractivity contribution in [3.8, 4) is 0 Å². The Hall–Kier alpha value is -3.36. The molecule has 0 saturated carbocycles. The van der Waals surface area contributed by atoms with E-state index in [0.29, 0.717) is 44.1 Å². The summed E-state index contributed by atoms with van der Waals surface area (Å²) in [6.45, 7) is 0.594. The predicted octanol–water partition coefficient (Wildman–Crippen LogP) is 2.96. The molecule has 1 aromatic carbocycles. The number of amides is 2. The molecule has 9 heteroatoms. The van der Waals surface area contributed by atoms with Crippen LogP contribution in [0, 0.1) is 17.6 Å². The van der Waals surface area contributed by atoms with E-state index >= 15 is 0 Å².